The van der Waals surface area contributed by atoms with Gasteiger partial charge < -0.3 is 29.2 Å². The Labute approximate surface area is 249 Å². The van der Waals surface area contributed by atoms with Crippen molar-refractivity contribution in [3.8, 4) is 0 Å². The van der Waals surface area contributed by atoms with Crippen LogP contribution in [0.1, 0.15) is 64.7 Å². The number of fused-ring (bicyclic) bond motifs is 5. The Morgan fingerprint density at radius 1 is 1.05 bits per heavy atom. The molecule has 3 unspecified atom stereocenters. The molecular weight excluding hydrogens is 568 g/mol. The summed E-state index contributed by atoms with van der Waals surface area (Å²) in [6.45, 7) is 8.74. The number of ketones is 1. The van der Waals surface area contributed by atoms with Crippen LogP contribution in [0, 0.1) is 16.7 Å². The van der Waals surface area contributed by atoms with Gasteiger partial charge in [0.15, 0.2) is 17.5 Å². The van der Waals surface area contributed by atoms with Gasteiger partial charge in [0.25, 0.3) is 0 Å². The van der Waals surface area contributed by atoms with Crippen LogP contribution in [0.4, 0.5) is 0 Å². The molecule has 3 aliphatic carbocycles. The molecule has 1 aliphatic heterocycles. The number of carbonyl (C=O) groups excluding carboxylic acids is 4. The van der Waals surface area contributed by atoms with E-state index in [0.29, 0.717) is 5.57 Å². The Morgan fingerprint density at radius 2 is 1.69 bits per heavy atom. The maximum atomic E-state index is 14.9. The topological polar surface area (TPSA) is 146 Å². The minimum Gasteiger partial charge on any atom is -0.455 e. The Morgan fingerprint density at radius 3 is 2.24 bits per heavy atom. The van der Waals surface area contributed by atoms with E-state index in [-0.39, 0.29) is 30.6 Å². The molecule has 1 heterocycles. The van der Waals surface area contributed by atoms with Crippen molar-refractivity contribution in [2.45, 2.75) is 95.4 Å². The van der Waals surface area contributed by atoms with Crippen molar-refractivity contribution >= 4 is 35.3 Å². The third-order valence-corrected chi connectivity index (χ3v) is 10.8. The average Bonchev–Trinajstić information content (AvgIpc) is 2.90. The van der Waals surface area contributed by atoms with E-state index >= 15 is 0 Å². The van der Waals surface area contributed by atoms with Crippen LogP contribution in [0.2, 0.25) is 0 Å². The molecule has 3 fully saturated rings. The van der Waals surface area contributed by atoms with Gasteiger partial charge in [-0.05, 0) is 36.6 Å². The molecule has 1 aromatic carbocycles. The summed E-state index contributed by atoms with van der Waals surface area (Å²) in [5, 5.41) is 23.2. The first kappa shape index (κ1) is 30.7. The number of esters is 3. The van der Waals surface area contributed by atoms with Crippen LogP contribution in [-0.2, 0) is 33.3 Å². The van der Waals surface area contributed by atoms with Crippen molar-refractivity contribution < 1.29 is 48.3 Å². The van der Waals surface area contributed by atoms with Crippen LogP contribution in [0.15, 0.2) is 41.5 Å². The quantitative estimate of drug-likeness (QED) is 0.228. The molecule has 4 aliphatic rings. The van der Waals surface area contributed by atoms with Crippen molar-refractivity contribution in [1.82, 2.24) is 0 Å². The highest BCUT2D eigenvalue weighted by atomic mass is 35.5. The van der Waals surface area contributed by atoms with Gasteiger partial charge in [0.1, 0.15) is 17.8 Å². The summed E-state index contributed by atoms with van der Waals surface area (Å²) >= 11 is 7.03. The van der Waals surface area contributed by atoms with Crippen LogP contribution < -0.4 is 0 Å². The van der Waals surface area contributed by atoms with E-state index in [9.17, 15) is 29.4 Å². The molecule has 10 nitrogen and oxygen atoms in total. The van der Waals surface area contributed by atoms with Crippen molar-refractivity contribution in [2.75, 3.05) is 6.61 Å². The summed E-state index contributed by atoms with van der Waals surface area (Å²) in [5.41, 5.74) is -5.88. The molecule has 228 valence electrons. The minimum atomic E-state index is -2.06. The summed E-state index contributed by atoms with van der Waals surface area (Å²) in [5.74, 6) is -4.06. The Kier molecular flexibility index (Phi) is 7.41. The van der Waals surface area contributed by atoms with Gasteiger partial charge in [-0.15, -0.1) is 11.6 Å². The first-order chi connectivity index (χ1) is 19.5. The number of rotatable bonds is 4. The number of ether oxygens (including phenoxy) is 4. The van der Waals surface area contributed by atoms with E-state index in [4.69, 9.17) is 30.5 Å². The fourth-order valence-electron chi connectivity index (χ4n) is 7.87. The summed E-state index contributed by atoms with van der Waals surface area (Å²) in [6, 6.07) is 8.15. The monoisotopic (exact) mass is 604 g/mol. The van der Waals surface area contributed by atoms with Gasteiger partial charge in [-0.1, -0.05) is 39.0 Å². The number of alkyl halides is 1. The molecular formula is C31H37ClO10. The second-order valence-electron chi connectivity index (χ2n) is 12.7. The molecule has 9 atom stereocenters. The Balaban J connectivity index is 1.84. The lowest BCUT2D eigenvalue weighted by atomic mass is 9.45. The second kappa shape index (κ2) is 10.1. The number of hydrogen-bond acceptors (Lipinski definition) is 10. The van der Waals surface area contributed by atoms with E-state index in [2.05, 4.69) is 0 Å². The highest BCUT2D eigenvalue weighted by Gasteiger charge is 2.78. The number of halogens is 1. The van der Waals surface area contributed by atoms with Crippen LogP contribution >= 0.6 is 11.6 Å². The lowest BCUT2D eigenvalue weighted by Gasteiger charge is -2.67. The van der Waals surface area contributed by atoms with E-state index < -0.39 is 81.4 Å². The summed E-state index contributed by atoms with van der Waals surface area (Å²) in [4.78, 5) is 53.6. The largest absolute Gasteiger partial charge is 0.455 e. The van der Waals surface area contributed by atoms with Crippen LogP contribution in [0.25, 0.3) is 0 Å². The lowest BCUT2D eigenvalue weighted by Crippen LogP contribution is -2.81. The highest BCUT2D eigenvalue weighted by molar-refractivity contribution is 6.23. The van der Waals surface area contributed by atoms with E-state index in [1.165, 1.54) is 13.8 Å². The van der Waals surface area contributed by atoms with Crippen LogP contribution in [-0.4, -0.2) is 81.5 Å². The zero-order chi connectivity index (χ0) is 31.0. The molecule has 0 spiro atoms. The maximum absolute atomic E-state index is 14.9. The normalized spacial score (nSPS) is 40.4. The van der Waals surface area contributed by atoms with Gasteiger partial charge >= 0.3 is 17.9 Å². The molecule has 1 aromatic rings. The van der Waals surface area contributed by atoms with Crippen molar-refractivity contribution in [2.24, 2.45) is 16.7 Å². The van der Waals surface area contributed by atoms with Gasteiger partial charge in [-0.3, -0.25) is 14.4 Å². The van der Waals surface area contributed by atoms with E-state index in [1.54, 1.807) is 58.0 Å². The molecule has 0 aromatic heterocycles. The minimum absolute atomic E-state index is 0.0994. The molecule has 0 radical (unpaired) electrons. The number of carbonyl (C=O) groups is 4. The smallest absolute Gasteiger partial charge is 0.338 e. The number of aliphatic hydroxyl groups excluding tert-OH is 1. The summed E-state index contributed by atoms with van der Waals surface area (Å²) < 4.78 is 23.7. The molecule has 1 saturated heterocycles. The highest BCUT2D eigenvalue weighted by Crippen LogP contribution is 2.65. The number of aliphatic hydroxyl groups is 2. The molecule has 2 saturated carbocycles. The molecule has 2 N–H and O–H groups in total. The van der Waals surface area contributed by atoms with Gasteiger partial charge in [-0.2, -0.15) is 0 Å². The number of Topliss-reactive ketones (excluding diaryl/α,β-unsaturated/α-hetero) is 1. The predicted octanol–water partition coefficient (Wildman–Crippen LogP) is 2.90. The van der Waals surface area contributed by atoms with Crippen LogP contribution in [0.3, 0.4) is 0 Å². The molecule has 11 heteroatoms. The zero-order valence-corrected chi connectivity index (χ0v) is 25.3. The van der Waals surface area contributed by atoms with Gasteiger partial charge in [0.05, 0.1) is 29.6 Å². The maximum Gasteiger partial charge on any atom is 0.338 e. The van der Waals surface area contributed by atoms with E-state index in [1.807, 2.05) is 0 Å². The van der Waals surface area contributed by atoms with Crippen LogP contribution in [0.5, 0.6) is 0 Å². The standard InChI is InChI=1S/C31H37ClO10/c1-15-19(35)13-31(38)26(41-27(37)18-10-8-7-9-11-18)24-29(6,20(32)12-21-30(24,14-39-21)42-17(3)34)25(36)23(40-16(2)33)22(15)28(31,4)5/h7-11,19-21,23-24,26,35,38H,12-14H2,1-6H3/t19-,20?,21+,23+,24?,26?,29+,30-,31+/m0/s1. The van der Waals surface area contributed by atoms with Gasteiger partial charge in [-0.25, -0.2) is 4.79 Å². The fraction of sp³-hybridized carbons (Fsp3) is 0.613. The second-order valence-corrected chi connectivity index (χ2v) is 13.3. The molecule has 2 bridgehead atoms. The summed E-state index contributed by atoms with van der Waals surface area (Å²) in [7, 11) is 0. The van der Waals surface area contributed by atoms with Gasteiger partial charge in [0.2, 0.25) is 0 Å². The first-order valence-electron chi connectivity index (χ1n) is 14.1. The number of hydrogen-bond donors (Lipinski definition) is 2. The molecule has 42 heavy (non-hydrogen) atoms. The average molecular weight is 605 g/mol. The SMILES string of the molecule is CC(=O)O[C@H]1C(=O)[C@]2(C)C(Cl)C[C@H]3OC[C@@]3(OC(C)=O)C2C(OC(=O)c2ccccc2)[C@]2(O)C[C@H](O)C(C)=C1C2(C)C. The molecule has 0 amide bonds. The molecule has 5 rings (SSSR count). The Hall–Kier alpha value is -2.79. The van der Waals surface area contributed by atoms with Crippen molar-refractivity contribution in [1.29, 1.82) is 0 Å². The van der Waals surface area contributed by atoms with Crippen molar-refractivity contribution in [3.05, 3.63) is 47.0 Å². The van der Waals surface area contributed by atoms with E-state index in [0.717, 1.165) is 0 Å². The fourth-order valence-corrected chi connectivity index (χ4v) is 8.27. The van der Waals surface area contributed by atoms with Gasteiger partial charge in [0, 0.05) is 31.1 Å². The third-order valence-electron chi connectivity index (χ3n) is 10.1. The van der Waals surface area contributed by atoms with Crippen molar-refractivity contribution in [3.63, 3.8) is 0 Å². The Bertz CT molecular complexity index is 1360. The zero-order valence-electron chi connectivity index (χ0n) is 24.5. The lowest BCUT2D eigenvalue weighted by molar-refractivity contribution is -0.331. The first-order valence-corrected chi connectivity index (χ1v) is 14.5. The third kappa shape index (κ3) is 4.17. The summed E-state index contributed by atoms with van der Waals surface area (Å²) in [6.07, 6.45) is -5.29. The predicted molar refractivity (Wildman–Crippen MR) is 148 cm³/mol. The number of benzene rings is 1.